The van der Waals surface area contributed by atoms with Crippen LogP contribution >= 0.6 is 11.8 Å². The summed E-state index contributed by atoms with van der Waals surface area (Å²) >= 11 is 1.82. The Balaban J connectivity index is 0.000000811. The molecule has 0 spiro atoms. The number of nitrogens with zero attached hydrogens (tertiary/aromatic N) is 1. The fourth-order valence-corrected chi connectivity index (χ4v) is 2.45. The van der Waals surface area contributed by atoms with Crippen LogP contribution < -0.4 is 0 Å². The largest absolute Gasteiger partial charge is 0.662 e. The van der Waals surface area contributed by atoms with E-state index in [1.807, 2.05) is 25.6 Å². The van der Waals surface area contributed by atoms with E-state index in [0.29, 0.717) is 0 Å². The Hall–Kier alpha value is 0.894. The van der Waals surface area contributed by atoms with Crippen LogP contribution in [0.4, 0.5) is 0 Å². The second-order valence-corrected chi connectivity index (χ2v) is 4.60. The minimum atomic E-state index is 0. The zero-order valence-corrected chi connectivity index (χ0v) is 15.7. The second kappa shape index (κ2) is 10.8. The standard InChI is InChI=1S/C12H16NS.C2H6.Pr/c1-14-12-4-2-3-11(9-12)10-5-7-13-8-6-10;1-2;/h2-4,9-10H,5-8H2,1H3;1-2H3;/q-1;;. The molecule has 1 heterocycles. The van der Waals surface area contributed by atoms with E-state index in [9.17, 15) is 0 Å². The van der Waals surface area contributed by atoms with E-state index < -0.39 is 0 Å². The van der Waals surface area contributed by atoms with Crippen molar-refractivity contribution < 1.29 is 41.3 Å². The molecule has 3 heteroatoms. The Kier molecular flexibility index (Phi) is 11.3. The van der Waals surface area contributed by atoms with Crippen molar-refractivity contribution in [3.05, 3.63) is 35.1 Å². The van der Waals surface area contributed by atoms with E-state index in [-0.39, 0.29) is 41.3 Å². The van der Waals surface area contributed by atoms with E-state index in [1.165, 1.54) is 23.3 Å². The van der Waals surface area contributed by atoms with Crippen molar-refractivity contribution in [2.24, 2.45) is 0 Å². The van der Waals surface area contributed by atoms with Gasteiger partial charge in [0.15, 0.2) is 0 Å². The van der Waals surface area contributed by atoms with Crippen LogP contribution in [0.5, 0.6) is 0 Å². The molecule has 0 saturated carbocycles. The van der Waals surface area contributed by atoms with Crippen molar-refractivity contribution in [1.82, 2.24) is 0 Å². The summed E-state index contributed by atoms with van der Waals surface area (Å²) in [4.78, 5) is 1.38. The van der Waals surface area contributed by atoms with Gasteiger partial charge in [0.1, 0.15) is 0 Å². The van der Waals surface area contributed by atoms with Gasteiger partial charge < -0.3 is 5.32 Å². The predicted octanol–water partition coefficient (Wildman–Crippen LogP) is 4.69. The molecule has 1 aromatic carbocycles. The molecule has 2 rings (SSSR count). The Morgan fingerprint density at radius 2 is 1.82 bits per heavy atom. The molecular weight excluding hydrogens is 355 g/mol. The molecule has 0 unspecified atom stereocenters. The van der Waals surface area contributed by atoms with E-state index in [0.717, 1.165) is 19.0 Å². The molecule has 0 N–H and O–H groups in total. The monoisotopic (exact) mass is 377 g/mol. The Bertz CT molecular complexity index is 298. The van der Waals surface area contributed by atoms with E-state index in [4.69, 9.17) is 0 Å². The van der Waals surface area contributed by atoms with Gasteiger partial charge in [-0.15, -0.1) is 24.9 Å². The zero-order valence-electron chi connectivity index (χ0n) is 11.1. The van der Waals surface area contributed by atoms with Crippen LogP contribution in [-0.2, 0) is 0 Å². The molecule has 0 amide bonds. The van der Waals surface area contributed by atoms with Crippen LogP contribution in [0, 0.1) is 41.3 Å². The normalized spacial score (nSPS) is 15.5. The van der Waals surface area contributed by atoms with E-state index in [1.54, 1.807) is 0 Å². The maximum Gasteiger partial charge on any atom is 0.00719 e. The third kappa shape index (κ3) is 6.05. The van der Waals surface area contributed by atoms with Gasteiger partial charge in [0.05, 0.1) is 0 Å². The van der Waals surface area contributed by atoms with Crippen LogP contribution in [0.2, 0.25) is 0 Å². The van der Waals surface area contributed by atoms with Gasteiger partial charge >= 0.3 is 0 Å². The van der Waals surface area contributed by atoms with Gasteiger partial charge in [-0.2, -0.15) is 0 Å². The molecule has 1 fully saturated rings. The summed E-state index contributed by atoms with van der Waals surface area (Å²) in [5, 5.41) is 4.39. The summed E-state index contributed by atoms with van der Waals surface area (Å²) in [7, 11) is 0. The van der Waals surface area contributed by atoms with E-state index in [2.05, 4.69) is 35.8 Å². The molecule has 1 aromatic rings. The summed E-state index contributed by atoms with van der Waals surface area (Å²) in [6.07, 6.45) is 4.60. The first-order valence-corrected chi connectivity index (χ1v) is 7.40. The van der Waals surface area contributed by atoms with Crippen LogP contribution in [0.3, 0.4) is 0 Å². The summed E-state index contributed by atoms with van der Waals surface area (Å²) in [5.41, 5.74) is 1.51. The fourth-order valence-electron chi connectivity index (χ4n) is 1.98. The molecular formula is C14H22NPrS-. The molecule has 1 nitrogen and oxygen atoms in total. The number of rotatable bonds is 2. The van der Waals surface area contributed by atoms with Crippen molar-refractivity contribution in [2.75, 3.05) is 19.3 Å². The number of benzene rings is 1. The molecule has 0 bridgehead atoms. The van der Waals surface area contributed by atoms with Gasteiger partial charge in [-0.1, -0.05) is 38.8 Å². The minimum absolute atomic E-state index is 0. The van der Waals surface area contributed by atoms with Crippen LogP contribution in [0.25, 0.3) is 5.32 Å². The zero-order chi connectivity index (χ0) is 11.8. The molecule has 1 aliphatic rings. The van der Waals surface area contributed by atoms with Crippen molar-refractivity contribution in [3.63, 3.8) is 0 Å². The first-order valence-electron chi connectivity index (χ1n) is 6.17. The molecule has 1 saturated heterocycles. The maximum absolute atomic E-state index is 4.39. The smallest absolute Gasteiger partial charge is 0.00719 e. The summed E-state index contributed by atoms with van der Waals surface area (Å²) < 4.78 is 0. The summed E-state index contributed by atoms with van der Waals surface area (Å²) in [6, 6.07) is 8.95. The average molecular weight is 377 g/mol. The quantitative estimate of drug-likeness (QED) is 0.683. The Morgan fingerprint density at radius 3 is 2.41 bits per heavy atom. The summed E-state index contributed by atoms with van der Waals surface area (Å²) in [6.45, 7) is 6.10. The predicted molar refractivity (Wildman–Crippen MR) is 74.6 cm³/mol. The van der Waals surface area contributed by atoms with Crippen molar-refractivity contribution in [1.29, 1.82) is 0 Å². The van der Waals surface area contributed by atoms with Gasteiger partial charge in [-0.05, 0) is 29.9 Å². The Labute approximate surface area is 143 Å². The van der Waals surface area contributed by atoms with Crippen LogP contribution in [-0.4, -0.2) is 19.3 Å². The third-order valence-electron chi connectivity index (χ3n) is 2.84. The fraction of sp³-hybridized carbons (Fsp3) is 0.571. The molecule has 1 aliphatic heterocycles. The molecule has 0 aliphatic carbocycles. The minimum Gasteiger partial charge on any atom is -0.662 e. The molecule has 93 valence electrons. The second-order valence-electron chi connectivity index (χ2n) is 3.72. The topological polar surface area (TPSA) is 14.1 Å². The number of hydrogen-bond donors (Lipinski definition) is 0. The van der Waals surface area contributed by atoms with Gasteiger partial charge in [0, 0.05) is 46.2 Å². The number of hydrogen-bond acceptors (Lipinski definition) is 1. The van der Waals surface area contributed by atoms with Crippen molar-refractivity contribution in [3.8, 4) is 0 Å². The molecule has 17 heavy (non-hydrogen) atoms. The van der Waals surface area contributed by atoms with Crippen LogP contribution in [0.1, 0.15) is 38.2 Å². The first-order chi connectivity index (χ1) is 7.90. The van der Waals surface area contributed by atoms with Crippen molar-refractivity contribution in [2.45, 2.75) is 37.5 Å². The van der Waals surface area contributed by atoms with Gasteiger partial charge in [-0.25, -0.2) is 0 Å². The first kappa shape index (κ1) is 17.9. The number of thioether (sulfide) groups is 1. The summed E-state index contributed by atoms with van der Waals surface area (Å²) in [5.74, 6) is 0.750. The van der Waals surface area contributed by atoms with Crippen molar-refractivity contribution >= 4 is 11.8 Å². The van der Waals surface area contributed by atoms with Gasteiger partial charge in [-0.3, -0.25) is 0 Å². The Morgan fingerprint density at radius 1 is 1.18 bits per heavy atom. The average Bonchev–Trinajstić information content (AvgIpc) is 2.42. The SMILES string of the molecule is CC.CSc1cccc(C2CC[N-]CC2)c1.[Pr]. The third-order valence-corrected chi connectivity index (χ3v) is 3.56. The van der Waals surface area contributed by atoms with Crippen LogP contribution in [0.15, 0.2) is 29.2 Å². The van der Waals surface area contributed by atoms with Gasteiger partial charge in [0.2, 0.25) is 0 Å². The van der Waals surface area contributed by atoms with Gasteiger partial charge in [0.25, 0.3) is 0 Å². The number of piperidine rings is 1. The maximum atomic E-state index is 4.39. The molecule has 0 aromatic heterocycles. The van der Waals surface area contributed by atoms with E-state index >= 15 is 0 Å². The molecule has 0 atom stereocenters. The molecule has 1 radical (unpaired) electrons.